The molecule has 6 heterocycles. The monoisotopic (exact) mass is 674 g/mol. The zero-order valence-electron chi connectivity index (χ0n) is 23.6. The maximum Gasteiger partial charge on any atom is 0.864 e. The van der Waals surface area contributed by atoms with Crippen LogP contribution in [0, 0.1) is 35.7 Å². The van der Waals surface area contributed by atoms with E-state index < -0.39 is 97.5 Å². The number of ether oxygens (including phenoxy) is 3. The van der Waals surface area contributed by atoms with Gasteiger partial charge in [0.1, 0.15) is 0 Å². The highest BCUT2D eigenvalue weighted by Crippen LogP contribution is 2.39. The van der Waals surface area contributed by atoms with Gasteiger partial charge in [0.2, 0.25) is 17.2 Å². The van der Waals surface area contributed by atoms with Crippen LogP contribution in [0.2, 0.25) is 0 Å². The van der Waals surface area contributed by atoms with Crippen molar-refractivity contribution in [1.29, 1.82) is 0 Å². The summed E-state index contributed by atoms with van der Waals surface area (Å²) in [7, 11) is -2.97. The molecule has 0 radical (unpaired) electrons. The number of aromatic nitrogens is 6. The van der Waals surface area contributed by atoms with E-state index in [1.54, 1.807) is 0 Å². The highest BCUT2D eigenvalue weighted by molar-refractivity contribution is 6.39. The Bertz CT molecular complexity index is 1390. The molecule has 0 bridgehead atoms. The number of alkyl halides is 3. The largest absolute Gasteiger partial charge is 0.864 e. The molecule has 3 aliphatic rings. The normalized spacial score (nSPS) is 27.1. The number of hydrogen-bond acceptors (Lipinski definition) is 9. The first-order valence-electron chi connectivity index (χ1n) is 14.2. The fourth-order valence-corrected chi connectivity index (χ4v) is 5.13. The van der Waals surface area contributed by atoms with Gasteiger partial charge in [-0.05, 0) is 38.5 Å². The Balaban J connectivity index is 1.36. The third kappa shape index (κ3) is 5.74. The standard InChI is InChI=1S/C24H24BF9N6O6/c26-16-13(19(29)38(35-16)22(32)7-1-4-10-41-22)44-25(45-14-17(27)36-39(20(14)30)23(33)8-2-5-11-42-23)46-15-18(28)37-40(21(15)31)24(34)9-3-6-12-43-24/h1-12H2. The molecular formula is C24H24BF9N6O6. The first-order chi connectivity index (χ1) is 21.9. The van der Waals surface area contributed by atoms with E-state index in [1.165, 1.54) is 0 Å². The minimum absolute atomic E-state index is 0.160. The van der Waals surface area contributed by atoms with E-state index >= 15 is 26.3 Å². The van der Waals surface area contributed by atoms with Crippen LogP contribution in [0.5, 0.6) is 17.2 Å². The smallest absolute Gasteiger partial charge is 0.482 e. The van der Waals surface area contributed by atoms with E-state index in [0.29, 0.717) is 19.3 Å². The first kappa shape index (κ1) is 32.3. The molecule has 252 valence electrons. The topological polar surface area (TPSA) is 109 Å². The average Bonchev–Trinajstić information content (AvgIpc) is 3.60. The maximum absolute atomic E-state index is 15.3. The van der Waals surface area contributed by atoms with E-state index in [9.17, 15) is 13.2 Å². The van der Waals surface area contributed by atoms with Gasteiger partial charge < -0.3 is 28.2 Å². The number of halogens is 9. The van der Waals surface area contributed by atoms with Gasteiger partial charge in [-0.2, -0.15) is 53.6 Å². The minimum atomic E-state index is -2.98. The Morgan fingerprint density at radius 2 is 0.783 bits per heavy atom. The van der Waals surface area contributed by atoms with Gasteiger partial charge in [0.15, 0.2) is 0 Å². The lowest BCUT2D eigenvalue weighted by Gasteiger charge is -2.29. The average molecular weight is 674 g/mol. The predicted octanol–water partition coefficient (Wildman–Crippen LogP) is 4.97. The molecule has 3 aliphatic heterocycles. The molecule has 22 heteroatoms. The van der Waals surface area contributed by atoms with Gasteiger partial charge in [-0.3, -0.25) is 0 Å². The first-order valence-corrected chi connectivity index (χ1v) is 14.2. The fraction of sp³-hybridized carbons (Fsp3) is 0.625. The molecular weight excluding hydrogens is 650 g/mol. The summed E-state index contributed by atoms with van der Waals surface area (Å²) < 4.78 is 165. The van der Waals surface area contributed by atoms with Crippen molar-refractivity contribution >= 4 is 7.32 Å². The highest BCUT2D eigenvalue weighted by Gasteiger charge is 2.48. The van der Waals surface area contributed by atoms with Crippen LogP contribution >= 0.6 is 0 Å². The maximum atomic E-state index is 15.3. The van der Waals surface area contributed by atoms with Gasteiger partial charge in [0.25, 0.3) is 35.7 Å². The van der Waals surface area contributed by atoms with E-state index in [0.717, 1.165) is 0 Å². The molecule has 0 spiro atoms. The van der Waals surface area contributed by atoms with Crippen LogP contribution in [-0.4, -0.2) is 56.5 Å². The summed E-state index contributed by atoms with van der Waals surface area (Å²) in [5, 5.41) is 9.21. The molecule has 0 aliphatic carbocycles. The molecule has 0 aromatic carbocycles. The summed E-state index contributed by atoms with van der Waals surface area (Å²) >= 11 is 0. The lowest BCUT2D eigenvalue weighted by atomic mass is 10.1. The van der Waals surface area contributed by atoms with E-state index in [2.05, 4.69) is 15.3 Å². The van der Waals surface area contributed by atoms with E-state index in [1.807, 2.05) is 0 Å². The number of hydrogen-bond donors (Lipinski definition) is 0. The molecule has 3 atom stereocenters. The zero-order valence-corrected chi connectivity index (χ0v) is 23.6. The lowest BCUT2D eigenvalue weighted by molar-refractivity contribution is -0.242. The third-order valence-electron chi connectivity index (χ3n) is 7.44. The van der Waals surface area contributed by atoms with Crippen LogP contribution in [0.25, 0.3) is 0 Å². The van der Waals surface area contributed by atoms with Gasteiger partial charge in [-0.25, -0.2) is 0 Å². The summed E-state index contributed by atoms with van der Waals surface area (Å²) in [5.41, 5.74) is 0. The molecule has 6 rings (SSSR count). The Kier molecular flexibility index (Phi) is 8.55. The van der Waals surface area contributed by atoms with Crippen molar-refractivity contribution in [3.05, 3.63) is 35.7 Å². The quantitative estimate of drug-likeness (QED) is 0.230. The zero-order chi connectivity index (χ0) is 32.9. The molecule has 3 fully saturated rings. The van der Waals surface area contributed by atoms with Crippen LogP contribution in [0.3, 0.4) is 0 Å². The van der Waals surface area contributed by atoms with Crippen LogP contribution in [0.1, 0.15) is 57.8 Å². The predicted molar refractivity (Wildman–Crippen MR) is 131 cm³/mol. The third-order valence-corrected chi connectivity index (χ3v) is 7.44. The molecule has 3 unspecified atom stereocenters. The van der Waals surface area contributed by atoms with Crippen molar-refractivity contribution in [3.63, 3.8) is 0 Å². The van der Waals surface area contributed by atoms with Crippen LogP contribution in [0.4, 0.5) is 39.5 Å². The Labute approximate surface area is 253 Å². The van der Waals surface area contributed by atoms with Crippen LogP contribution < -0.4 is 14.0 Å². The lowest BCUT2D eigenvalue weighted by Crippen LogP contribution is -2.40. The molecule has 0 amide bonds. The molecule has 0 saturated carbocycles. The summed E-state index contributed by atoms with van der Waals surface area (Å²) in [5.74, 6) is -25.1. The Hall–Kier alpha value is -3.66. The minimum Gasteiger partial charge on any atom is -0.482 e. The Morgan fingerprint density at radius 1 is 0.500 bits per heavy atom. The van der Waals surface area contributed by atoms with Crippen molar-refractivity contribution in [3.8, 4) is 17.2 Å². The fourth-order valence-electron chi connectivity index (χ4n) is 5.13. The summed E-state index contributed by atoms with van der Waals surface area (Å²) in [6, 6.07) is 0. The number of nitrogens with zero attached hydrogens (tertiary/aromatic N) is 6. The molecule has 3 aromatic heterocycles. The SMILES string of the molecule is Fc1nn(C2(F)CCCCO2)c(F)c1OB(Oc1c(F)nn(C2(F)CCCCO2)c1F)Oc1c(F)nn(C2(F)CCCCO2)c1F. The molecule has 3 saturated heterocycles. The Morgan fingerprint density at radius 3 is 1.02 bits per heavy atom. The van der Waals surface area contributed by atoms with Crippen molar-refractivity contribution in [2.75, 3.05) is 19.8 Å². The van der Waals surface area contributed by atoms with Crippen LogP contribution in [-0.2, 0) is 32.1 Å². The second-order valence-corrected chi connectivity index (χ2v) is 10.6. The van der Waals surface area contributed by atoms with Gasteiger partial charge >= 0.3 is 25.3 Å². The van der Waals surface area contributed by atoms with E-state index in [-0.39, 0.29) is 53.1 Å². The van der Waals surface area contributed by atoms with Gasteiger partial charge in [-0.1, -0.05) is 0 Å². The van der Waals surface area contributed by atoms with Gasteiger partial charge in [-0.15, -0.1) is 15.3 Å². The van der Waals surface area contributed by atoms with Crippen molar-refractivity contribution in [2.24, 2.45) is 0 Å². The summed E-state index contributed by atoms with van der Waals surface area (Å²) in [6.45, 7) is -0.562. The van der Waals surface area contributed by atoms with Crippen LogP contribution in [0.15, 0.2) is 0 Å². The summed E-state index contributed by atoms with van der Waals surface area (Å²) in [6.07, 6.45) is 0.362. The second kappa shape index (κ2) is 12.2. The molecule has 3 aromatic rings. The van der Waals surface area contributed by atoms with E-state index in [4.69, 9.17) is 28.2 Å². The van der Waals surface area contributed by atoms with Gasteiger partial charge in [0, 0.05) is 19.3 Å². The molecule has 0 N–H and O–H groups in total. The number of rotatable bonds is 9. The van der Waals surface area contributed by atoms with Crippen molar-refractivity contribution < 1.29 is 67.7 Å². The molecule has 46 heavy (non-hydrogen) atoms. The molecule has 12 nitrogen and oxygen atoms in total. The van der Waals surface area contributed by atoms with Gasteiger partial charge in [0.05, 0.1) is 19.8 Å². The second-order valence-electron chi connectivity index (χ2n) is 10.6. The summed E-state index contributed by atoms with van der Waals surface area (Å²) in [4.78, 5) is 0. The van der Waals surface area contributed by atoms with Crippen molar-refractivity contribution in [2.45, 2.75) is 75.7 Å². The van der Waals surface area contributed by atoms with Crippen molar-refractivity contribution in [1.82, 2.24) is 29.3 Å². The highest BCUT2D eigenvalue weighted by atomic mass is 19.2.